The summed E-state index contributed by atoms with van der Waals surface area (Å²) in [6, 6.07) is 7.32. The lowest BCUT2D eigenvalue weighted by molar-refractivity contribution is -0.137. The van der Waals surface area contributed by atoms with Crippen molar-refractivity contribution in [2.75, 3.05) is 11.1 Å². The average Bonchev–Trinajstić information content (AvgIpc) is 3.01. The van der Waals surface area contributed by atoms with Crippen molar-refractivity contribution in [2.45, 2.75) is 43.4 Å². The number of amides is 1. The van der Waals surface area contributed by atoms with E-state index in [0.29, 0.717) is 27.1 Å². The van der Waals surface area contributed by atoms with Gasteiger partial charge in [-0.3, -0.25) is 4.79 Å². The van der Waals surface area contributed by atoms with E-state index in [4.69, 9.17) is 11.6 Å². The van der Waals surface area contributed by atoms with E-state index in [1.165, 1.54) is 6.07 Å². The van der Waals surface area contributed by atoms with E-state index in [0.717, 1.165) is 62.1 Å². The minimum absolute atomic E-state index is 0.00332. The van der Waals surface area contributed by atoms with Gasteiger partial charge in [-0.05, 0) is 43.2 Å². The van der Waals surface area contributed by atoms with E-state index in [-0.39, 0.29) is 11.7 Å². The number of alkyl halides is 3. The summed E-state index contributed by atoms with van der Waals surface area (Å²) in [5.41, 5.74) is 0.398. The number of aromatic nitrogens is 4. The van der Waals surface area contributed by atoms with Crippen molar-refractivity contribution in [1.29, 1.82) is 0 Å². The minimum atomic E-state index is -4.44. The van der Waals surface area contributed by atoms with Crippen LogP contribution < -0.4 is 5.32 Å². The molecule has 3 aromatic rings. The van der Waals surface area contributed by atoms with E-state index in [1.54, 1.807) is 18.2 Å². The number of hydrogen-bond acceptors (Lipinski definition) is 5. The number of carbonyl (C=O) groups is 1. The lowest BCUT2D eigenvalue weighted by Gasteiger charge is -2.11. The van der Waals surface area contributed by atoms with Gasteiger partial charge < -0.3 is 9.88 Å². The largest absolute Gasteiger partial charge is 0.417 e. The second-order valence-corrected chi connectivity index (χ2v) is 8.72. The molecule has 0 atom stereocenters. The van der Waals surface area contributed by atoms with Crippen LogP contribution in [0.2, 0.25) is 5.02 Å². The highest BCUT2D eigenvalue weighted by Crippen LogP contribution is 2.32. The average molecular weight is 482 g/mol. The summed E-state index contributed by atoms with van der Waals surface area (Å²) >= 11 is 7.46. The number of thioether (sulfide) groups is 1. The summed E-state index contributed by atoms with van der Waals surface area (Å²) in [6.07, 6.45) is 0.443. The maximum Gasteiger partial charge on any atom is 0.417 e. The van der Waals surface area contributed by atoms with Crippen molar-refractivity contribution >= 4 is 35.0 Å². The van der Waals surface area contributed by atoms with Gasteiger partial charge in [0.1, 0.15) is 5.82 Å². The summed E-state index contributed by atoms with van der Waals surface area (Å²) in [5.74, 6) is 1.29. The molecule has 0 unspecified atom stereocenters. The number of rotatable bonds is 5. The van der Waals surface area contributed by atoms with Crippen molar-refractivity contribution in [3.05, 3.63) is 52.9 Å². The molecular formula is C21H19ClF3N5OS. The molecule has 168 valence electrons. The van der Waals surface area contributed by atoms with Crippen LogP contribution >= 0.6 is 23.4 Å². The van der Waals surface area contributed by atoms with Crippen molar-refractivity contribution < 1.29 is 18.0 Å². The number of hydrogen-bond donors (Lipinski definition) is 1. The van der Waals surface area contributed by atoms with Crippen LogP contribution in [-0.4, -0.2) is 31.4 Å². The second-order valence-electron chi connectivity index (χ2n) is 7.32. The highest BCUT2D eigenvalue weighted by molar-refractivity contribution is 7.99. The highest BCUT2D eigenvalue weighted by atomic mass is 35.5. The Hall–Kier alpha value is -2.59. The van der Waals surface area contributed by atoms with Gasteiger partial charge in [-0.1, -0.05) is 29.8 Å². The van der Waals surface area contributed by atoms with Gasteiger partial charge in [-0.25, -0.2) is 4.98 Å². The molecule has 0 aliphatic carbocycles. The Morgan fingerprint density at radius 1 is 1.16 bits per heavy atom. The fraction of sp³-hybridized carbons (Fsp3) is 0.333. The van der Waals surface area contributed by atoms with E-state index in [9.17, 15) is 18.0 Å². The first kappa shape index (κ1) is 22.6. The Morgan fingerprint density at radius 3 is 2.75 bits per heavy atom. The van der Waals surface area contributed by atoms with E-state index in [1.807, 2.05) is 0 Å². The van der Waals surface area contributed by atoms with Crippen LogP contribution in [0.5, 0.6) is 0 Å². The SMILES string of the molecule is O=C(CSc1ccc(C(F)(F)F)cn1)Nc1ccc(Cl)c(-c2nnc3n2CCCCC3)c1. The number of nitrogens with zero attached hydrogens (tertiary/aromatic N) is 4. The molecular weight excluding hydrogens is 463 g/mol. The topological polar surface area (TPSA) is 72.7 Å². The fourth-order valence-corrected chi connectivity index (χ4v) is 4.27. The number of carbonyl (C=O) groups excluding carboxylic acids is 1. The van der Waals surface area contributed by atoms with Crippen molar-refractivity contribution in [3.63, 3.8) is 0 Å². The molecule has 2 aromatic heterocycles. The number of halogens is 4. The van der Waals surface area contributed by atoms with E-state index >= 15 is 0 Å². The molecule has 1 aliphatic heterocycles. The van der Waals surface area contributed by atoms with Gasteiger partial charge in [0.15, 0.2) is 5.82 Å². The first-order valence-electron chi connectivity index (χ1n) is 9.99. The van der Waals surface area contributed by atoms with Crippen LogP contribution in [0.3, 0.4) is 0 Å². The molecule has 0 saturated heterocycles. The summed E-state index contributed by atoms with van der Waals surface area (Å²) in [5, 5.41) is 12.2. The summed E-state index contributed by atoms with van der Waals surface area (Å²) < 4.78 is 39.9. The molecule has 0 bridgehead atoms. The summed E-state index contributed by atoms with van der Waals surface area (Å²) in [6.45, 7) is 0.821. The van der Waals surface area contributed by atoms with Crippen LogP contribution in [0, 0.1) is 0 Å². The number of pyridine rings is 1. The van der Waals surface area contributed by atoms with Crippen LogP contribution in [0.1, 0.15) is 30.7 Å². The first-order valence-corrected chi connectivity index (χ1v) is 11.4. The Morgan fingerprint density at radius 2 is 2.00 bits per heavy atom. The molecule has 6 nitrogen and oxygen atoms in total. The third kappa shape index (κ3) is 5.24. The molecule has 1 aromatic carbocycles. The van der Waals surface area contributed by atoms with Gasteiger partial charge in [0.25, 0.3) is 0 Å². The molecule has 1 aliphatic rings. The molecule has 4 rings (SSSR count). The fourth-order valence-electron chi connectivity index (χ4n) is 3.43. The molecule has 1 N–H and O–H groups in total. The van der Waals surface area contributed by atoms with Crippen LogP contribution in [-0.2, 0) is 23.9 Å². The van der Waals surface area contributed by atoms with E-state index in [2.05, 4.69) is 25.1 Å². The molecule has 0 radical (unpaired) electrons. The van der Waals surface area contributed by atoms with Gasteiger partial charge in [-0.15, -0.1) is 10.2 Å². The normalized spacial score (nSPS) is 14.0. The first-order chi connectivity index (χ1) is 15.3. The number of benzene rings is 1. The Bertz CT molecular complexity index is 1120. The Labute approximate surface area is 191 Å². The van der Waals surface area contributed by atoms with Crippen LogP contribution in [0.4, 0.5) is 18.9 Å². The number of anilines is 1. The van der Waals surface area contributed by atoms with Gasteiger partial charge in [0.05, 0.1) is 21.4 Å². The predicted octanol–water partition coefficient (Wildman–Crippen LogP) is 5.47. The molecule has 0 fully saturated rings. The molecule has 0 spiro atoms. The molecule has 3 heterocycles. The summed E-state index contributed by atoms with van der Waals surface area (Å²) in [7, 11) is 0. The second kappa shape index (κ2) is 9.50. The Kier molecular flexibility index (Phi) is 6.71. The zero-order valence-corrected chi connectivity index (χ0v) is 18.4. The standard InChI is InChI=1S/C21H19ClF3N5OS/c22-16-7-6-14(10-15(16)20-29-28-17-4-2-1-3-9-30(17)20)27-18(31)12-32-19-8-5-13(11-26-19)21(23,24)25/h5-8,10-11H,1-4,9,12H2,(H,27,31). The monoisotopic (exact) mass is 481 g/mol. The predicted molar refractivity (Wildman–Crippen MR) is 117 cm³/mol. The van der Waals surface area contributed by atoms with Crippen molar-refractivity contribution in [1.82, 2.24) is 19.7 Å². The molecule has 11 heteroatoms. The minimum Gasteiger partial charge on any atom is -0.325 e. The van der Waals surface area contributed by atoms with Crippen LogP contribution in [0.15, 0.2) is 41.6 Å². The van der Waals surface area contributed by atoms with Crippen LogP contribution in [0.25, 0.3) is 11.4 Å². The zero-order valence-electron chi connectivity index (χ0n) is 16.8. The smallest absolute Gasteiger partial charge is 0.325 e. The maximum absolute atomic E-state index is 12.6. The van der Waals surface area contributed by atoms with Gasteiger partial charge in [0.2, 0.25) is 5.91 Å². The number of nitrogens with one attached hydrogen (secondary N) is 1. The Balaban J connectivity index is 1.43. The van der Waals surface area contributed by atoms with Crippen molar-refractivity contribution in [2.24, 2.45) is 0 Å². The summed E-state index contributed by atoms with van der Waals surface area (Å²) in [4.78, 5) is 16.1. The molecule has 0 saturated carbocycles. The van der Waals surface area contributed by atoms with Gasteiger partial charge in [0, 0.05) is 30.4 Å². The highest BCUT2D eigenvalue weighted by Gasteiger charge is 2.30. The quantitative estimate of drug-likeness (QED) is 0.489. The van der Waals surface area contributed by atoms with E-state index < -0.39 is 11.7 Å². The van der Waals surface area contributed by atoms with Gasteiger partial charge >= 0.3 is 6.18 Å². The number of fused-ring (bicyclic) bond motifs is 1. The number of aryl methyl sites for hydroxylation is 1. The van der Waals surface area contributed by atoms with Crippen molar-refractivity contribution in [3.8, 4) is 11.4 Å². The zero-order chi connectivity index (χ0) is 22.7. The lowest BCUT2D eigenvalue weighted by Crippen LogP contribution is -2.14. The molecule has 32 heavy (non-hydrogen) atoms. The maximum atomic E-state index is 12.6. The third-order valence-electron chi connectivity index (χ3n) is 5.02. The lowest BCUT2D eigenvalue weighted by atomic mass is 10.1. The van der Waals surface area contributed by atoms with Gasteiger partial charge in [-0.2, -0.15) is 13.2 Å². The third-order valence-corrected chi connectivity index (χ3v) is 6.29. The molecule has 1 amide bonds.